The lowest BCUT2D eigenvalue weighted by molar-refractivity contribution is -0.135. The van der Waals surface area contributed by atoms with E-state index in [2.05, 4.69) is 4.74 Å². The van der Waals surface area contributed by atoms with Gasteiger partial charge in [0.15, 0.2) is 4.91 Å². The Morgan fingerprint density at radius 3 is 2.56 bits per heavy atom. The molecule has 1 heterocycles. The minimum Gasteiger partial charge on any atom is -0.465 e. The molecule has 8 heteroatoms. The minimum atomic E-state index is -4.20. The van der Waals surface area contributed by atoms with Crippen molar-refractivity contribution in [2.45, 2.75) is 11.8 Å². The van der Waals surface area contributed by atoms with Crippen LogP contribution in [0.2, 0.25) is 5.02 Å². The molecule has 0 N–H and O–H groups in total. The number of fused-ring (bicyclic) bond motifs is 1. The summed E-state index contributed by atoms with van der Waals surface area (Å²) in [5.74, 6) is -1.76. The number of anilines is 2. The van der Waals surface area contributed by atoms with Gasteiger partial charge in [-0.25, -0.2) is 17.6 Å². The fourth-order valence-electron chi connectivity index (χ4n) is 2.49. The van der Waals surface area contributed by atoms with E-state index < -0.39 is 26.5 Å². The van der Waals surface area contributed by atoms with E-state index in [9.17, 15) is 17.6 Å². The monoisotopic (exact) mass is 381 g/mol. The lowest BCUT2D eigenvalue weighted by Gasteiger charge is -2.28. The fourth-order valence-corrected chi connectivity index (χ4v) is 4.15. The number of halogens is 2. The quantitative estimate of drug-likeness (QED) is 0.742. The van der Waals surface area contributed by atoms with Crippen LogP contribution in [0.4, 0.5) is 15.8 Å². The third kappa shape index (κ3) is 2.89. The second-order valence-electron chi connectivity index (χ2n) is 5.40. The summed E-state index contributed by atoms with van der Waals surface area (Å²) in [4.78, 5) is 12.5. The predicted molar refractivity (Wildman–Crippen MR) is 92.0 cm³/mol. The van der Waals surface area contributed by atoms with Crippen LogP contribution in [-0.4, -0.2) is 21.5 Å². The number of benzene rings is 2. The van der Waals surface area contributed by atoms with Crippen molar-refractivity contribution in [2.24, 2.45) is 0 Å². The summed E-state index contributed by atoms with van der Waals surface area (Å²) < 4.78 is 43.6. The maximum atomic E-state index is 13.7. The smallest absolute Gasteiger partial charge is 0.351 e. The van der Waals surface area contributed by atoms with E-state index >= 15 is 0 Å². The van der Waals surface area contributed by atoms with E-state index in [-0.39, 0.29) is 10.6 Å². The van der Waals surface area contributed by atoms with Crippen molar-refractivity contribution in [2.75, 3.05) is 12.0 Å². The highest BCUT2D eigenvalue weighted by Crippen LogP contribution is 2.40. The van der Waals surface area contributed by atoms with Gasteiger partial charge in [-0.05, 0) is 42.8 Å². The SMILES string of the molecule is COC(=O)C1=CN(c2ccc(C)c(Cl)c2)c2ccc(F)cc2S1(=O)=O. The fraction of sp³-hybridized carbons (Fsp3) is 0.118. The molecular formula is C17H13ClFNO4S. The van der Waals surface area contributed by atoms with Crippen LogP contribution in [0, 0.1) is 12.7 Å². The van der Waals surface area contributed by atoms with Crippen LogP contribution in [0.5, 0.6) is 0 Å². The van der Waals surface area contributed by atoms with E-state index in [0.29, 0.717) is 10.7 Å². The summed E-state index contributed by atoms with van der Waals surface area (Å²) in [6.45, 7) is 1.83. The molecule has 0 saturated heterocycles. The van der Waals surface area contributed by atoms with Crippen LogP contribution in [0.3, 0.4) is 0 Å². The van der Waals surface area contributed by atoms with Gasteiger partial charge in [-0.3, -0.25) is 0 Å². The molecule has 1 aliphatic heterocycles. The second-order valence-corrected chi connectivity index (χ2v) is 7.70. The van der Waals surface area contributed by atoms with Crippen LogP contribution < -0.4 is 4.90 Å². The Labute approximate surface area is 149 Å². The van der Waals surface area contributed by atoms with Gasteiger partial charge in [0.2, 0.25) is 9.84 Å². The molecule has 0 aromatic heterocycles. The molecule has 25 heavy (non-hydrogen) atoms. The molecule has 0 saturated carbocycles. The molecular weight excluding hydrogens is 369 g/mol. The van der Waals surface area contributed by atoms with Crippen LogP contribution in [0.1, 0.15) is 5.56 Å². The van der Waals surface area contributed by atoms with Gasteiger partial charge < -0.3 is 9.64 Å². The van der Waals surface area contributed by atoms with E-state index in [0.717, 1.165) is 31.0 Å². The third-order valence-electron chi connectivity index (χ3n) is 3.83. The van der Waals surface area contributed by atoms with E-state index in [4.69, 9.17) is 11.6 Å². The first-order chi connectivity index (χ1) is 11.8. The number of hydrogen-bond acceptors (Lipinski definition) is 5. The number of esters is 1. The predicted octanol–water partition coefficient (Wildman–Crippen LogP) is 3.73. The zero-order valence-corrected chi connectivity index (χ0v) is 14.9. The topological polar surface area (TPSA) is 63.7 Å². The molecule has 0 spiro atoms. The van der Waals surface area contributed by atoms with Crippen LogP contribution >= 0.6 is 11.6 Å². The number of carbonyl (C=O) groups excluding carboxylic acids is 1. The molecule has 0 radical (unpaired) electrons. The Hall–Kier alpha value is -2.38. The third-order valence-corrected chi connectivity index (χ3v) is 5.99. The Morgan fingerprint density at radius 1 is 1.20 bits per heavy atom. The molecule has 130 valence electrons. The average Bonchev–Trinajstić information content (AvgIpc) is 2.57. The second kappa shape index (κ2) is 6.16. The lowest BCUT2D eigenvalue weighted by Crippen LogP contribution is -2.26. The first kappa shape index (κ1) is 17.4. The molecule has 0 bridgehead atoms. The zero-order valence-electron chi connectivity index (χ0n) is 13.3. The van der Waals surface area contributed by atoms with Crippen LogP contribution in [0.15, 0.2) is 52.4 Å². The minimum absolute atomic E-state index is 0.217. The number of ether oxygens (including phenoxy) is 1. The lowest BCUT2D eigenvalue weighted by atomic mass is 10.2. The molecule has 3 rings (SSSR count). The van der Waals surface area contributed by atoms with E-state index in [1.165, 1.54) is 11.0 Å². The van der Waals surface area contributed by atoms with Crippen molar-refractivity contribution in [3.05, 3.63) is 63.9 Å². The largest absolute Gasteiger partial charge is 0.465 e. The molecule has 0 fully saturated rings. The molecule has 5 nitrogen and oxygen atoms in total. The Kier molecular flexibility index (Phi) is 4.30. The summed E-state index contributed by atoms with van der Waals surface area (Å²) in [5.41, 5.74) is 1.58. The van der Waals surface area contributed by atoms with Gasteiger partial charge in [0.05, 0.1) is 17.7 Å². The molecule has 0 amide bonds. The van der Waals surface area contributed by atoms with E-state index in [1.807, 2.05) is 6.92 Å². The summed E-state index contributed by atoms with van der Waals surface area (Å²) in [7, 11) is -3.13. The molecule has 2 aromatic carbocycles. The molecule has 1 aliphatic rings. The van der Waals surface area contributed by atoms with Gasteiger partial charge in [-0.2, -0.15) is 0 Å². The summed E-state index contributed by atoms with van der Waals surface area (Å²) in [5, 5.41) is 0.475. The Bertz CT molecular complexity index is 1020. The van der Waals surface area contributed by atoms with Crippen molar-refractivity contribution >= 4 is 38.8 Å². The average molecular weight is 382 g/mol. The number of rotatable bonds is 2. The number of aryl methyl sites for hydroxylation is 1. The van der Waals surface area contributed by atoms with Crippen molar-refractivity contribution in [1.82, 2.24) is 0 Å². The highest BCUT2D eigenvalue weighted by molar-refractivity contribution is 7.96. The van der Waals surface area contributed by atoms with Gasteiger partial charge in [-0.15, -0.1) is 0 Å². The van der Waals surface area contributed by atoms with Crippen LogP contribution in [0.25, 0.3) is 0 Å². The Morgan fingerprint density at radius 2 is 1.92 bits per heavy atom. The number of methoxy groups -OCH3 is 1. The number of carbonyl (C=O) groups is 1. The van der Waals surface area contributed by atoms with Gasteiger partial charge >= 0.3 is 5.97 Å². The summed E-state index contributed by atoms with van der Waals surface area (Å²) in [6, 6.07) is 8.47. The van der Waals surface area contributed by atoms with Gasteiger partial charge in [0, 0.05) is 16.9 Å². The van der Waals surface area contributed by atoms with Crippen molar-refractivity contribution in [1.29, 1.82) is 0 Å². The summed E-state index contributed by atoms with van der Waals surface area (Å²) >= 11 is 6.15. The van der Waals surface area contributed by atoms with Gasteiger partial charge in [0.25, 0.3) is 0 Å². The first-order valence-corrected chi connectivity index (χ1v) is 9.02. The number of nitrogens with zero attached hydrogens (tertiary/aromatic N) is 1. The maximum absolute atomic E-state index is 13.7. The highest BCUT2D eigenvalue weighted by Gasteiger charge is 2.37. The van der Waals surface area contributed by atoms with Crippen molar-refractivity contribution < 1.29 is 22.3 Å². The number of sulfone groups is 1. The zero-order chi connectivity index (χ0) is 18.4. The molecule has 0 aliphatic carbocycles. The molecule has 0 atom stereocenters. The highest BCUT2D eigenvalue weighted by atomic mass is 35.5. The van der Waals surface area contributed by atoms with Crippen molar-refractivity contribution in [3.63, 3.8) is 0 Å². The first-order valence-electron chi connectivity index (χ1n) is 7.16. The molecule has 0 unspecified atom stereocenters. The van der Waals surface area contributed by atoms with Gasteiger partial charge in [-0.1, -0.05) is 17.7 Å². The van der Waals surface area contributed by atoms with Gasteiger partial charge in [0.1, 0.15) is 5.82 Å². The van der Waals surface area contributed by atoms with Crippen molar-refractivity contribution in [3.8, 4) is 0 Å². The normalized spacial score (nSPS) is 15.4. The molecule has 2 aromatic rings. The standard InChI is InChI=1S/C17H13ClFNO4S/c1-10-3-5-12(8-13(10)18)20-9-16(17(21)24-2)25(22,23)15-7-11(19)4-6-14(15)20/h3-9H,1-2H3. The summed E-state index contributed by atoms with van der Waals surface area (Å²) in [6.07, 6.45) is 1.16. The number of hydrogen-bond donors (Lipinski definition) is 0. The maximum Gasteiger partial charge on any atom is 0.351 e. The Balaban J connectivity index is 2.30. The van der Waals surface area contributed by atoms with Crippen LogP contribution in [-0.2, 0) is 19.4 Å². The van der Waals surface area contributed by atoms with E-state index in [1.54, 1.807) is 18.2 Å².